The lowest BCUT2D eigenvalue weighted by molar-refractivity contribution is -0.120. The van der Waals surface area contributed by atoms with Gasteiger partial charge in [0.25, 0.3) is 5.91 Å². The van der Waals surface area contributed by atoms with Crippen molar-refractivity contribution in [2.75, 3.05) is 11.5 Å². The SMILES string of the molecule is Cc1ccc(OCC(=O)N(Cc2cccc(Cl)c2)c2ccccn2)cc1. The number of benzene rings is 2. The van der Waals surface area contributed by atoms with Crippen molar-refractivity contribution in [1.29, 1.82) is 0 Å². The molecule has 26 heavy (non-hydrogen) atoms. The molecule has 1 amide bonds. The van der Waals surface area contributed by atoms with Crippen molar-refractivity contribution in [2.24, 2.45) is 0 Å². The lowest BCUT2D eigenvalue weighted by atomic mass is 10.2. The van der Waals surface area contributed by atoms with E-state index in [-0.39, 0.29) is 12.5 Å². The molecule has 0 aliphatic carbocycles. The summed E-state index contributed by atoms with van der Waals surface area (Å²) in [5, 5.41) is 0.631. The molecule has 5 heteroatoms. The van der Waals surface area contributed by atoms with Gasteiger partial charge < -0.3 is 4.74 Å². The molecule has 132 valence electrons. The van der Waals surface area contributed by atoms with E-state index in [9.17, 15) is 4.79 Å². The first-order chi connectivity index (χ1) is 12.6. The highest BCUT2D eigenvalue weighted by atomic mass is 35.5. The molecule has 0 spiro atoms. The number of carbonyl (C=O) groups is 1. The molecular weight excluding hydrogens is 348 g/mol. The highest BCUT2D eigenvalue weighted by molar-refractivity contribution is 6.30. The molecule has 0 unspecified atom stereocenters. The summed E-state index contributed by atoms with van der Waals surface area (Å²) in [5.41, 5.74) is 2.06. The average Bonchev–Trinajstić information content (AvgIpc) is 2.66. The van der Waals surface area contributed by atoms with Gasteiger partial charge in [-0.15, -0.1) is 0 Å². The molecule has 0 atom stereocenters. The molecule has 0 aliphatic heterocycles. The Bertz CT molecular complexity index is 867. The van der Waals surface area contributed by atoms with Gasteiger partial charge in [0.15, 0.2) is 6.61 Å². The van der Waals surface area contributed by atoms with Crippen LogP contribution in [0.5, 0.6) is 5.75 Å². The highest BCUT2D eigenvalue weighted by Gasteiger charge is 2.18. The summed E-state index contributed by atoms with van der Waals surface area (Å²) < 4.78 is 5.64. The Kier molecular flexibility index (Phi) is 5.87. The standard InChI is InChI=1S/C21H19ClN2O2/c1-16-8-10-19(11-9-16)26-15-21(25)24(20-7-2-3-12-23-20)14-17-5-4-6-18(22)13-17/h2-13H,14-15H2,1H3. The fourth-order valence-corrected chi connectivity index (χ4v) is 2.70. The molecule has 0 saturated heterocycles. The van der Waals surface area contributed by atoms with E-state index in [2.05, 4.69) is 4.98 Å². The fourth-order valence-electron chi connectivity index (χ4n) is 2.49. The van der Waals surface area contributed by atoms with Crippen LogP contribution in [0.2, 0.25) is 5.02 Å². The zero-order valence-corrected chi connectivity index (χ0v) is 15.2. The molecule has 4 nitrogen and oxygen atoms in total. The second-order valence-electron chi connectivity index (χ2n) is 5.90. The number of amides is 1. The summed E-state index contributed by atoms with van der Waals surface area (Å²) >= 11 is 6.06. The number of nitrogens with zero attached hydrogens (tertiary/aromatic N) is 2. The maximum atomic E-state index is 12.8. The quantitative estimate of drug-likeness (QED) is 0.637. The lowest BCUT2D eigenvalue weighted by Crippen LogP contribution is -2.35. The number of carbonyl (C=O) groups excluding carboxylic acids is 1. The third-order valence-corrected chi connectivity index (χ3v) is 4.07. The zero-order chi connectivity index (χ0) is 18.4. The number of anilines is 1. The van der Waals surface area contributed by atoms with Crippen LogP contribution in [0, 0.1) is 6.92 Å². The average molecular weight is 367 g/mol. The summed E-state index contributed by atoms with van der Waals surface area (Å²) in [5.74, 6) is 1.06. The fraction of sp³-hybridized carbons (Fsp3) is 0.143. The normalized spacial score (nSPS) is 10.4. The first kappa shape index (κ1) is 18.0. The van der Waals surface area contributed by atoms with Gasteiger partial charge in [0.2, 0.25) is 0 Å². The minimum absolute atomic E-state index is 0.0692. The zero-order valence-electron chi connectivity index (χ0n) is 14.4. The molecule has 0 saturated carbocycles. The van der Waals surface area contributed by atoms with Crippen molar-refractivity contribution in [3.8, 4) is 5.75 Å². The maximum Gasteiger partial charge on any atom is 0.266 e. The van der Waals surface area contributed by atoms with Gasteiger partial charge in [-0.25, -0.2) is 4.98 Å². The minimum atomic E-state index is -0.177. The van der Waals surface area contributed by atoms with Crippen LogP contribution in [0.4, 0.5) is 5.82 Å². The molecule has 2 aromatic carbocycles. The molecule has 0 N–H and O–H groups in total. The number of pyridine rings is 1. The molecule has 3 rings (SSSR count). The summed E-state index contributed by atoms with van der Waals surface area (Å²) in [4.78, 5) is 18.7. The summed E-state index contributed by atoms with van der Waals surface area (Å²) in [6, 6.07) is 20.5. The highest BCUT2D eigenvalue weighted by Crippen LogP contribution is 2.18. The van der Waals surface area contributed by atoms with E-state index in [1.807, 2.05) is 61.5 Å². The van der Waals surface area contributed by atoms with Crippen molar-refractivity contribution in [2.45, 2.75) is 13.5 Å². The van der Waals surface area contributed by atoms with Gasteiger partial charge >= 0.3 is 0 Å². The van der Waals surface area contributed by atoms with Crippen LogP contribution in [-0.2, 0) is 11.3 Å². The van der Waals surface area contributed by atoms with Gasteiger partial charge in [0, 0.05) is 11.2 Å². The second-order valence-corrected chi connectivity index (χ2v) is 6.34. The Morgan fingerprint density at radius 1 is 1.08 bits per heavy atom. The minimum Gasteiger partial charge on any atom is -0.484 e. The van der Waals surface area contributed by atoms with E-state index in [0.29, 0.717) is 23.1 Å². The van der Waals surface area contributed by atoms with Crippen molar-refractivity contribution < 1.29 is 9.53 Å². The molecule has 3 aromatic rings. The van der Waals surface area contributed by atoms with E-state index in [4.69, 9.17) is 16.3 Å². The summed E-state index contributed by atoms with van der Waals surface area (Å²) in [6.07, 6.45) is 1.66. The molecular formula is C21H19ClN2O2. The topological polar surface area (TPSA) is 42.4 Å². The van der Waals surface area contributed by atoms with Gasteiger partial charge in [-0.1, -0.05) is 47.5 Å². The summed E-state index contributed by atoms with van der Waals surface area (Å²) in [7, 11) is 0. The Morgan fingerprint density at radius 2 is 1.88 bits per heavy atom. The van der Waals surface area contributed by atoms with Crippen LogP contribution in [0.1, 0.15) is 11.1 Å². The van der Waals surface area contributed by atoms with E-state index in [1.165, 1.54) is 0 Å². The van der Waals surface area contributed by atoms with Crippen molar-refractivity contribution in [3.05, 3.63) is 89.1 Å². The third-order valence-electron chi connectivity index (χ3n) is 3.84. The maximum absolute atomic E-state index is 12.8. The van der Waals surface area contributed by atoms with Gasteiger partial charge in [-0.3, -0.25) is 9.69 Å². The van der Waals surface area contributed by atoms with Gasteiger partial charge in [0.05, 0.1) is 6.54 Å². The smallest absolute Gasteiger partial charge is 0.266 e. The third kappa shape index (κ3) is 4.83. The van der Waals surface area contributed by atoms with Crippen molar-refractivity contribution in [1.82, 2.24) is 4.98 Å². The number of hydrogen-bond donors (Lipinski definition) is 0. The predicted molar refractivity (Wildman–Crippen MR) is 104 cm³/mol. The Hall–Kier alpha value is -2.85. The lowest BCUT2D eigenvalue weighted by Gasteiger charge is -2.22. The van der Waals surface area contributed by atoms with Gasteiger partial charge in [0.1, 0.15) is 11.6 Å². The second kappa shape index (κ2) is 8.50. The summed E-state index contributed by atoms with van der Waals surface area (Å²) in [6.45, 7) is 2.30. The van der Waals surface area contributed by atoms with E-state index in [0.717, 1.165) is 11.1 Å². The number of halogens is 1. The van der Waals surface area contributed by atoms with Crippen LogP contribution in [0.3, 0.4) is 0 Å². The van der Waals surface area contributed by atoms with Gasteiger partial charge in [-0.05, 0) is 48.9 Å². The molecule has 1 heterocycles. The number of ether oxygens (including phenoxy) is 1. The van der Waals surface area contributed by atoms with Crippen LogP contribution in [0.15, 0.2) is 72.9 Å². The van der Waals surface area contributed by atoms with Crippen LogP contribution in [0.25, 0.3) is 0 Å². The van der Waals surface area contributed by atoms with Crippen LogP contribution < -0.4 is 9.64 Å². The number of rotatable bonds is 6. The van der Waals surface area contributed by atoms with Crippen LogP contribution in [-0.4, -0.2) is 17.5 Å². The number of aromatic nitrogens is 1. The first-order valence-electron chi connectivity index (χ1n) is 8.27. The Morgan fingerprint density at radius 3 is 2.58 bits per heavy atom. The van der Waals surface area contributed by atoms with Gasteiger partial charge in [-0.2, -0.15) is 0 Å². The molecule has 0 aliphatic rings. The molecule has 1 aromatic heterocycles. The molecule has 0 radical (unpaired) electrons. The molecule has 0 bridgehead atoms. The Balaban J connectivity index is 1.76. The Labute approximate surface area is 158 Å². The molecule has 0 fully saturated rings. The first-order valence-corrected chi connectivity index (χ1v) is 8.65. The predicted octanol–water partition coefficient (Wildman–Crippen LogP) is 4.66. The van der Waals surface area contributed by atoms with Crippen LogP contribution >= 0.6 is 11.6 Å². The van der Waals surface area contributed by atoms with E-state index in [1.54, 1.807) is 23.2 Å². The largest absolute Gasteiger partial charge is 0.484 e. The number of aryl methyl sites for hydroxylation is 1. The van der Waals surface area contributed by atoms with E-state index >= 15 is 0 Å². The van der Waals surface area contributed by atoms with E-state index < -0.39 is 0 Å². The number of hydrogen-bond acceptors (Lipinski definition) is 3. The van der Waals surface area contributed by atoms with Crippen molar-refractivity contribution in [3.63, 3.8) is 0 Å². The van der Waals surface area contributed by atoms with Crippen molar-refractivity contribution >= 4 is 23.3 Å². The monoisotopic (exact) mass is 366 g/mol.